The summed E-state index contributed by atoms with van der Waals surface area (Å²) in [7, 11) is 0. The van der Waals surface area contributed by atoms with Gasteiger partial charge in [-0.3, -0.25) is 4.79 Å². The summed E-state index contributed by atoms with van der Waals surface area (Å²) >= 11 is 0. The third-order valence-corrected chi connectivity index (χ3v) is 3.22. The van der Waals surface area contributed by atoms with Crippen LogP contribution >= 0.6 is 0 Å². The van der Waals surface area contributed by atoms with E-state index in [0.717, 1.165) is 18.4 Å². The summed E-state index contributed by atoms with van der Waals surface area (Å²) in [4.78, 5) is 33.7. The summed E-state index contributed by atoms with van der Waals surface area (Å²) in [5, 5.41) is 5.27. The molecule has 0 radical (unpaired) electrons. The molecule has 6 heteroatoms. The maximum Gasteiger partial charge on any atom is 0.415 e. The van der Waals surface area contributed by atoms with E-state index in [4.69, 9.17) is 0 Å². The minimum atomic E-state index is -0.679. The maximum absolute atomic E-state index is 11.7. The van der Waals surface area contributed by atoms with E-state index >= 15 is 0 Å². The normalized spacial score (nSPS) is 17.2. The predicted octanol–water partition coefficient (Wildman–Crippen LogP) is 1.15. The SMILES string of the molecule is O=C(Cc1ccccc1)NCCCCC1NC(=O)OC1=O. The van der Waals surface area contributed by atoms with Crippen molar-refractivity contribution < 1.29 is 19.1 Å². The highest BCUT2D eigenvalue weighted by molar-refractivity contribution is 5.95. The molecule has 6 nitrogen and oxygen atoms in total. The Labute approximate surface area is 122 Å². The summed E-state index contributed by atoms with van der Waals surface area (Å²) in [5.74, 6) is -0.539. The second kappa shape index (κ2) is 7.42. The van der Waals surface area contributed by atoms with E-state index in [1.54, 1.807) is 0 Å². The van der Waals surface area contributed by atoms with Gasteiger partial charge in [0.25, 0.3) is 0 Å². The highest BCUT2D eigenvalue weighted by Gasteiger charge is 2.31. The van der Waals surface area contributed by atoms with Crippen LogP contribution in [0, 0.1) is 0 Å². The number of esters is 1. The topological polar surface area (TPSA) is 84.5 Å². The van der Waals surface area contributed by atoms with E-state index in [0.29, 0.717) is 19.4 Å². The van der Waals surface area contributed by atoms with Crippen molar-refractivity contribution in [2.75, 3.05) is 6.54 Å². The molecule has 2 N–H and O–H groups in total. The molecule has 21 heavy (non-hydrogen) atoms. The number of ether oxygens (including phenoxy) is 1. The van der Waals surface area contributed by atoms with Crippen molar-refractivity contribution in [2.45, 2.75) is 31.7 Å². The van der Waals surface area contributed by atoms with Crippen LogP contribution in [0.4, 0.5) is 4.79 Å². The van der Waals surface area contributed by atoms with Crippen LogP contribution in [0.3, 0.4) is 0 Å². The van der Waals surface area contributed by atoms with Gasteiger partial charge in [-0.05, 0) is 24.8 Å². The van der Waals surface area contributed by atoms with E-state index in [2.05, 4.69) is 15.4 Å². The maximum atomic E-state index is 11.7. The van der Waals surface area contributed by atoms with Crippen LogP contribution in [0.25, 0.3) is 0 Å². The fourth-order valence-corrected chi connectivity index (χ4v) is 2.13. The molecule has 1 aromatic carbocycles. The number of alkyl carbamates (subject to hydrolysis) is 1. The minimum Gasteiger partial charge on any atom is -0.375 e. The van der Waals surface area contributed by atoms with Crippen molar-refractivity contribution in [3.63, 3.8) is 0 Å². The molecule has 1 aliphatic heterocycles. The molecule has 0 saturated carbocycles. The lowest BCUT2D eigenvalue weighted by atomic mass is 10.1. The molecular weight excluding hydrogens is 272 g/mol. The zero-order valence-corrected chi connectivity index (χ0v) is 11.6. The fraction of sp³-hybridized carbons (Fsp3) is 0.400. The van der Waals surface area contributed by atoms with Crippen LogP contribution in [-0.4, -0.2) is 30.6 Å². The van der Waals surface area contributed by atoms with Gasteiger partial charge in [-0.15, -0.1) is 0 Å². The van der Waals surface area contributed by atoms with Crippen molar-refractivity contribution in [3.05, 3.63) is 35.9 Å². The average Bonchev–Trinajstić information content (AvgIpc) is 2.78. The van der Waals surface area contributed by atoms with Crippen LogP contribution in [-0.2, 0) is 20.7 Å². The molecule has 0 aromatic heterocycles. The molecule has 1 unspecified atom stereocenters. The second-order valence-corrected chi connectivity index (χ2v) is 4.91. The fourth-order valence-electron chi connectivity index (χ4n) is 2.13. The lowest BCUT2D eigenvalue weighted by Gasteiger charge is -2.07. The number of amides is 2. The third-order valence-electron chi connectivity index (χ3n) is 3.22. The van der Waals surface area contributed by atoms with Crippen molar-refractivity contribution in [1.29, 1.82) is 0 Å². The number of carbonyl (C=O) groups is 3. The van der Waals surface area contributed by atoms with Gasteiger partial charge in [-0.2, -0.15) is 0 Å². The van der Waals surface area contributed by atoms with Gasteiger partial charge in [0.15, 0.2) is 0 Å². The quantitative estimate of drug-likeness (QED) is 0.448. The van der Waals surface area contributed by atoms with Crippen LogP contribution in [0.1, 0.15) is 24.8 Å². The van der Waals surface area contributed by atoms with Gasteiger partial charge >= 0.3 is 12.1 Å². The molecular formula is C15H18N2O4. The summed E-state index contributed by atoms with van der Waals surface area (Å²) in [6.07, 6.45) is 1.69. The first-order valence-corrected chi connectivity index (χ1v) is 6.98. The number of cyclic esters (lactones) is 2. The van der Waals surface area contributed by atoms with Crippen LogP contribution < -0.4 is 10.6 Å². The largest absolute Gasteiger partial charge is 0.415 e. The predicted molar refractivity (Wildman–Crippen MR) is 75.4 cm³/mol. The molecule has 0 bridgehead atoms. The lowest BCUT2D eigenvalue weighted by molar-refractivity contribution is -0.135. The molecule has 1 saturated heterocycles. The zero-order chi connectivity index (χ0) is 15.1. The standard InChI is InChI=1S/C15H18N2O4/c18-13(10-11-6-2-1-3-7-11)16-9-5-4-8-12-14(19)21-15(20)17-12/h1-3,6-7,12H,4-5,8-10H2,(H,16,18)(H,17,20). The number of hydrogen-bond donors (Lipinski definition) is 2. The number of hydrogen-bond acceptors (Lipinski definition) is 4. The summed E-state index contributed by atoms with van der Waals surface area (Å²) < 4.78 is 4.38. The molecule has 0 spiro atoms. The Bertz CT molecular complexity index is 516. The monoisotopic (exact) mass is 290 g/mol. The van der Waals surface area contributed by atoms with Crippen LogP contribution in [0.5, 0.6) is 0 Å². The molecule has 112 valence electrons. The number of carbonyl (C=O) groups excluding carboxylic acids is 3. The van der Waals surface area contributed by atoms with Gasteiger partial charge in [0.2, 0.25) is 5.91 Å². The molecule has 2 amide bonds. The zero-order valence-electron chi connectivity index (χ0n) is 11.6. The molecule has 1 aromatic rings. The number of benzene rings is 1. The van der Waals surface area contributed by atoms with E-state index in [9.17, 15) is 14.4 Å². The van der Waals surface area contributed by atoms with E-state index in [1.807, 2.05) is 30.3 Å². The number of rotatable bonds is 7. The Kier molecular flexibility index (Phi) is 5.31. The van der Waals surface area contributed by atoms with Crippen LogP contribution in [0.2, 0.25) is 0 Å². The summed E-state index contributed by atoms with van der Waals surface area (Å²) in [5.41, 5.74) is 0.978. The molecule has 0 aliphatic carbocycles. The van der Waals surface area contributed by atoms with E-state index in [-0.39, 0.29) is 5.91 Å². The summed E-state index contributed by atoms with van der Waals surface area (Å²) in [6, 6.07) is 8.99. The summed E-state index contributed by atoms with van der Waals surface area (Å²) in [6.45, 7) is 0.557. The number of unbranched alkanes of at least 4 members (excludes halogenated alkanes) is 1. The Balaban J connectivity index is 1.56. The third kappa shape index (κ3) is 4.91. The van der Waals surface area contributed by atoms with Gasteiger partial charge in [-0.1, -0.05) is 30.3 Å². The van der Waals surface area contributed by atoms with Gasteiger partial charge in [0, 0.05) is 6.54 Å². The van der Waals surface area contributed by atoms with Gasteiger partial charge in [0.1, 0.15) is 6.04 Å². The Hall–Kier alpha value is -2.37. The molecule has 1 heterocycles. The number of nitrogens with one attached hydrogen (secondary N) is 2. The smallest absolute Gasteiger partial charge is 0.375 e. The van der Waals surface area contributed by atoms with Crippen molar-refractivity contribution in [3.8, 4) is 0 Å². The van der Waals surface area contributed by atoms with E-state index < -0.39 is 18.1 Å². The molecule has 1 aliphatic rings. The minimum absolute atomic E-state index is 0.0187. The highest BCUT2D eigenvalue weighted by Crippen LogP contribution is 2.08. The van der Waals surface area contributed by atoms with Crippen LogP contribution in [0.15, 0.2) is 30.3 Å². The van der Waals surface area contributed by atoms with Crippen molar-refractivity contribution in [2.24, 2.45) is 0 Å². The molecule has 2 rings (SSSR count). The molecule has 1 atom stereocenters. The Morgan fingerprint density at radius 1 is 1.19 bits per heavy atom. The second-order valence-electron chi connectivity index (χ2n) is 4.91. The Morgan fingerprint density at radius 3 is 2.62 bits per heavy atom. The first-order valence-electron chi connectivity index (χ1n) is 6.98. The van der Waals surface area contributed by atoms with Gasteiger partial charge < -0.3 is 15.4 Å². The lowest BCUT2D eigenvalue weighted by Crippen LogP contribution is -2.29. The average molecular weight is 290 g/mol. The first kappa shape index (κ1) is 15.0. The molecule has 1 fully saturated rings. The van der Waals surface area contributed by atoms with Crippen molar-refractivity contribution >= 4 is 18.0 Å². The van der Waals surface area contributed by atoms with Crippen molar-refractivity contribution in [1.82, 2.24) is 10.6 Å². The van der Waals surface area contributed by atoms with Gasteiger partial charge in [0.05, 0.1) is 6.42 Å². The highest BCUT2D eigenvalue weighted by atomic mass is 16.6. The Morgan fingerprint density at radius 2 is 1.95 bits per heavy atom. The van der Waals surface area contributed by atoms with E-state index in [1.165, 1.54) is 0 Å². The van der Waals surface area contributed by atoms with Gasteiger partial charge in [-0.25, -0.2) is 9.59 Å². The first-order chi connectivity index (χ1) is 10.1.